The van der Waals surface area contributed by atoms with Crippen molar-refractivity contribution in [3.63, 3.8) is 0 Å². The number of hydrogen-bond acceptors (Lipinski definition) is 1. The second-order valence-corrected chi connectivity index (χ2v) is 9.08. The average molecular weight is 348 g/mol. The summed E-state index contributed by atoms with van der Waals surface area (Å²) in [5.74, 6) is 0.920. The van der Waals surface area contributed by atoms with Gasteiger partial charge in [0.25, 0.3) is 0 Å². The monoisotopic (exact) mass is 347 g/mol. The van der Waals surface area contributed by atoms with E-state index >= 15 is 0 Å². The van der Waals surface area contributed by atoms with Crippen molar-refractivity contribution < 1.29 is 0 Å². The van der Waals surface area contributed by atoms with E-state index in [0.29, 0.717) is 22.9 Å². The molecule has 4 atom stereocenters. The van der Waals surface area contributed by atoms with Gasteiger partial charge in [-0.25, -0.2) is 0 Å². The van der Waals surface area contributed by atoms with Crippen molar-refractivity contribution in [3.8, 4) is 0 Å². The second kappa shape index (κ2) is 4.58. The lowest BCUT2D eigenvalue weighted by atomic mass is 9.69. The zero-order valence-electron chi connectivity index (χ0n) is 13.4. The fourth-order valence-corrected chi connectivity index (χ4v) is 6.06. The van der Waals surface area contributed by atoms with Crippen molar-refractivity contribution in [1.29, 1.82) is 0 Å². The molecular formula is C19H26BrN. The zero-order chi connectivity index (χ0) is 14.8. The van der Waals surface area contributed by atoms with Crippen LogP contribution in [0.5, 0.6) is 0 Å². The quantitative estimate of drug-likeness (QED) is 0.771. The summed E-state index contributed by atoms with van der Waals surface area (Å²) in [7, 11) is 0. The smallest absolute Gasteiger partial charge is 0.0329 e. The highest BCUT2D eigenvalue weighted by Crippen LogP contribution is 2.65. The maximum atomic E-state index is 4.07. The molecule has 1 nitrogen and oxygen atoms in total. The van der Waals surface area contributed by atoms with E-state index in [2.05, 4.69) is 60.2 Å². The summed E-state index contributed by atoms with van der Waals surface area (Å²) in [5.41, 5.74) is 4.05. The molecule has 2 heteroatoms. The number of fused-ring (bicyclic) bond motifs is 3. The molecule has 1 aromatic rings. The van der Waals surface area contributed by atoms with E-state index in [1.54, 1.807) is 0 Å². The highest BCUT2D eigenvalue weighted by atomic mass is 79.9. The summed E-state index contributed by atoms with van der Waals surface area (Å²) in [6, 6.07) is 7.96. The highest BCUT2D eigenvalue weighted by Gasteiger charge is 2.61. The van der Waals surface area contributed by atoms with Crippen molar-refractivity contribution in [2.24, 2.45) is 16.7 Å². The summed E-state index contributed by atoms with van der Waals surface area (Å²) in [4.78, 5) is 0. The Labute approximate surface area is 137 Å². The van der Waals surface area contributed by atoms with Gasteiger partial charge < -0.3 is 5.32 Å². The van der Waals surface area contributed by atoms with Gasteiger partial charge in [0.15, 0.2) is 0 Å². The Morgan fingerprint density at radius 1 is 1.19 bits per heavy atom. The topological polar surface area (TPSA) is 12.0 Å². The van der Waals surface area contributed by atoms with Crippen molar-refractivity contribution in [1.82, 2.24) is 5.32 Å². The lowest BCUT2D eigenvalue weighted by Gasteiger charge is -2.41. The van der Waals surface area contributed by atoms with Gasteiger partial charge in [-0.1, -0.05) is 48.8 Å². The SMILES string of the molecule is CC1(C)C2CCC1(C)C(NC1CCc3c(Br)cccc31)C2. The van der Waals surface area contributed by atoms with Crippen LogP contribution in [0.1, 0.15) is 63.6 Å². The van der Waals surface area contributed by atoms with Crippen LogP contribution >= 0.6 is 15.9 Å². The summed E-state index contributed by atoms with van der Waals surface area (Å²) < 4.78 is 1.30. The average Bonchev–Trinajstić information content (AvgIpc) is 3.00. The van der Waals surface area contributed by atoms with Gasteiger partial charge in [-0.05, 0) is 66.0 Å². The summed E-state index contributed by atoms with van der Waals surface area (Å²) in [5, 5.41) is 4.07. The van der Waals surface area contributed by atoms with Crippen LogP contribution in [-0.2, 0) is 6.42 Å². The Bertz CT molecular complexity index is 579. The zero-order valence-corrected chi connectivity index (χ0v) is 15.0. The Hall–Kier alpha value is -0.340. The number of halogens is 1. The summed E-state index contributed by atoms with van der Waals surface area (Å²) in [6.07, 6.45) is 6.69. The molecule has 4 rings (SSSR count). The predicted molar refractivity (Wildman–Crippen MR) is 91.4 cm³/mol. The molecule has 0 saturated heterocycles. The van der Waals surface area contributed by atoms with Gasteiger partial charge in [-0.3, -0.25) is 0 Å². The molecule has 0 radical (unpaired) electrons. The van der Waals surface area contributed by atoms with Crippen LogP contribution in [0.4, 0.5) is 0 Å². The third-order valence-electron chi connectivity index (χ3n) is 7.41. The number of hydrogen-bond donors (Lipinski definition) is 1. The Kier molecular flexibility index (Phi) is 3.11. The van der Waals surface area contributed by atoms with Crippen molar-refractivity contribution in [2.75, 3.05) is 0 Å². The lowest BCUT2D eigenvalue weighted by molar-refractivity contribution is 0.115. The third kappa shape index (κ3) is 1.84. The van der Waals surface area contributed by atoms with Crippen LogP contribution in [0.25, 0.3) is 0 Å². The van der Waals surface area contributed by atoms with Crippen molar-refractivity contribution in [2.45, 2.75) is 65.0 Å². The van der Waals surface area contributed by atoms with Crippen LogP contribution in [0, 0.1) is 16.7 Å². The molecule has 4 unspecified atom stereocenters. The third-order valence-corrected chi connectivity index (χ3v) is 8.15. The molecule has 21 heavy (non-hydrogen) atoms. The fraction of sp³-hybridized carbons (Fsp3) is 0.684. The molecule has 0 aromatic heterocycles. The van der Waals surface area contributed by atoms with Gasteiger partial charge in [0.2, 0.25) is 0 Å². The molecule has 1 N–H and O–H groups in total. The number of rotatable bonds is 2. The van der Waals surface area contributed by atoms with E-state index in [4.69, 9.17) is 0 Å². The molecule has 114 valence electrons. The molecule has 2 saturated carbocycles. The molecule has 1 aromatic carbocycles. The normalized spacial score (nSPS) is 39.7. The molecule has 0 spiro atoms. The Balaban J connectivity index is 1.59. The van der Waals surface area contributed by atoms with Gasteiger partial charge in [-0.2, -0.15) is 0 Å². The van der Waals surface area contributed by atoms with E-state index in [1.165, 1.54) is 47.7 Å². The molecule has 3 aliphatic rings. The molecule has 3 aliphatic carbocycles. The van der Waals surface area contributed by atoms with Gasteiger partial charge in [-0.15, -0.1) is 0 Å². The first-order valence-electron chi connectivity index (χ1n) is 8.47. The maximum Gasteiger partial charge on any atom is 0.0329 e. The van der Waals surface area contributed by atoms with E-state index < -0.39 is 0 Å². The van der Waals surface area contributed by atoms with E-state index in [-0.39, 0.29) is 0 Å². The molecular weight excluding hydrogens is 322 g/mol. The highest BCUT2D eigenvalue weighted by molar-refractivity contribution is 9.10. The molecule has 0 amide bonds. The van der Waals surface area contributed by atoms with E-state index in [1.807, 2.05) is 0 Å². The van der Waals surface area contributed by atoms with Crippen molar-refractivity contribution in [3.05, 3.63) is 33.8 Å². The maximum absolute atomic E-state index is 4.07. The summed E-state index contributed by atoms with van der Waals surface area (Å²) in [6.45, 7) is 7.55. The Morgan fingerprint density at radius 2 is 2.00 bits per heavy atom. The fourth-order valence-electron chi connectivity index (χ4n) is 5.48. The lowest BCUT2D eigenvalue weighted by Crippen LogP contribution is -2.45. The van der Waals surface area contributed by atoms with Crippen LogP contribution in [0.2, 0.25) is 0 Å². The minimum Gasteiger partial charge on any atom is -0.307 e. The van der Waals surface area contributed by atoms with E-state index in [9.17, 15) is 0 Å². The molecule has 2 fully saturated rings. The number of nitrogens with one attached hydrogen (secondary N) is 1. The van der Waals surface area contributed by atoms with Gasteiger partial charge in [0.1, 0.15) is 0 Å². The minimum atomic E-state index is 0.479. The summed E-state index contributed by atoms with van der Waals surface area (Å²) >= 11 is 3.72. The van der Waals surface area contributed by atoms with Crippen LogP contribution in [0.15, 0.2) is 22.7 Å². The largest absolute Gasteiger partial charge is 0.307 e. The van der Waals surface area contributed by atoms with Crippen LogP contribution < -0.4 is 5.32 Å². The van der Waals surface area contributed by atoms with Gasteiger partial charge >= 0.3 is 0 Å². The van der Waals surface area contributed by atoms with Gasteiger partial charge in [0.05, 0.1) is 0 Å². The van der Waals surface area contributed by atoms with Crippen molar-refractivity contribution >= 4 is 15.9 Å². The first kappa shape index (κ1) is 14.3. The molecule has 0 heterocycles. The first-order chi connectivity index (χ1) is 9.93. The number of benzene rings is 1. The predicted octanol–water partition coefficient (Wildman–Crippen LogP) is 5.24. The van der Waals surface area contributed by atoms with Crippen LogP contribution in [-0.4, -0.2) is 6.04 Å². The second-order valence-electron chi connectivity index (χ2n) is 8.23. The van der Waals surface area contributed by atoms with Crippen LogP contribution in [0.3, 0.4) is 0 Å². The minimum absolute atomic E-state index is 0.479. The first-order valence-corrected chi connectivity index (χ1v) is 9.26. The van der Waals surface area contributed by atoms with E-state index in [0.717, 1.165) is 5.92 Å². The molecule has 0 aliphatic heterocycles. The van der Waals surface area contributed by atoms with Gasteiger partial charge in [0, 0.05) is 16.6 Å². The standard InChI is InChI=1S/C19H26BrN/c1-18(2)12-9-10-19(18,3)17(11-12)21-16-8-7-13-14(16)5-4-6-15(13)20/h4-6,12,16-17,21H,7-11H2,1-3H3. The molecule has 2 bridgehead atoms. The Morgan fingerprint density at radius 3 is 2.67 bits per heavy atom.